The zero-order valence-electron chi connectivity index (χ0n) is 16.8. The Kier molecular flexibility index (Phi) is 7.98. The largest absolute Gasteiger partial charge is 0.376 e. The SMILES string of the molecule is CC(=O)NCc1ccc(C(=O)NC(=NC[C@H]2CCCO2)Nc2ccc(Br)cc2)cc1. The molecule has 0 aromatic heterocycles. The van der Waals surface area contributed by atoms with E-state index in [0.717, 1.165) is 35.2 Å². The first-order valence-electron chi connectivity index (χ1n) is 9.83. The molecular formula is C22H25BrN4O3. The number of aliphatic imine (C=N–C) groups is 1. The summed E-state index contributed by atoms with van der Waals surface area (Å²) in [6, 6.07) is 14.7. The lowest BCUT2D eigenvalue weighted by Gasteiger charge is -2.14. The quantitative estimate of drug-likeness (QED) is 0.443. The Bertz CT molecular complexity index is 892. The van der Waals surface area contributed by atoms with Crippen LogP contribution >= 0.6 is 15.9 Å². The number of halogens is 1. The van der Waals surface area contributed by atoms with E-state index in [1.807, 2.05) is 36.4 Å². The fourth-order valence-corrected chi connectivity index (χ4v) is 3.21. The molecule has 0 unspecified atom stereocenters. The van der Waals surface area contributed by atoms with Crippen LogP contribution in [0.3, 0.4) is 0 Å². The number of nitrogens with zero attached hydrogens (tertiary/aromatic N) is 1. The average molecular weight is 473 g/mol. The maximum Gasteiger partial charge on any atom is 0.257 e. The highest BCUT2D eigenvalue weighted by atomic mass is 79.9. The molecule has 0 spiro atoms. The van der Waals surface area contributed by atoms with Crippen LogP contribution in [0.25, 0.3) is 0 Å². The normalized spacial score (nSPS) is 16.2. The first-order valence-corrected chi connectivity index (χ1v) is 10.6. The predicted octanol–water partition coefficient (Wildman–Crippen LogP) is 3.46. The third-order valence-corrected chi connectivity index (χ3v) is 5.10. The molecule has 1 aliphatic heterocycles. The molecule has 158 valence electrons. The van der Waals surface area contributed by atoms with Gasteiger partial charge in [0.25, 0.3) is 5.91 Å². The minimum Gasteiger partial charge on any atom is -0.376 e. The smallest absolute Gasteiger partial charge is 0.257 e. The third kappa shape index (κ3) is 6.96. The van der Waals surface area contributed by atoms with Crippen LogP contribution in [0, 0.1) is 0 Å². The summed E-state index contributed by atoms with van der Waals surface area (Å²) >= 11 is 3.42. The van der Waals surface area contributed by atoms with Gasteiger partial charge in [0.2, 0.25) is 11.9 Å². The summed E-state index contributed by atoms with van der Waals surface area (Å²) in [5.41, 5.74) is 2.24. The number of anilines is 1. The van der Waals surface area contributed by atoms with E-state index in [0.29, 0.717) is 24.6 Å². The molecule has 0 aliphatic carbocycles. The second kappa shape index (κ2) is 10.9. The summed E-state index contributed by atoms with van der Waals surface area (Å²) in [6.45, 7) is 3.13. The maximum atomic E-state index is 12.7. The van der Waals surface area contributed by atoms with Crippen molar-refractivity contribution >= 4 is 39.4 Å². The molecule has 30 heavy (non-hydrogen) atoms. The Labute approximate surface area is 184 Å². The lowest BCUT2D eigenvalue weighted by molar-refractivity contribution is -0.119. The highest BCUT2D eigenvalue weighted by Crippen LogP contribution is 2.15. The van der Waals surface area contributed by atoms with Gasteiger partial charge >= 0.3 is 0 Å². The zero-order chi connectivity index (χ0) is 21.3. The number of hydrogen-bond acceptors (Lipinski definition) is 4. The molecule has 0 radical (unpaired) electrons. The minimum absolute atomic E-state index is 0.0803. The lowest BCUT2D eigenvalue weighted by atomic mass is 10.1. The van der Waals surface area contributed by atoms with Crippen molar-refractivity contribution in [1.82, 2.24) is 10.6 Å². The lowest BCUT2D eigenvalue weighted by Crippen LogP contribution is -2.36. The standard InChI is InChI=1S/C22H25BrN4O3/c1-15(28)24-13-16-4-6-17(7-5-16)21(29)27-22(25-14-20-3-2-12-30-20)26-19-10-8-18(23)9-11-19/h4-11,20H,2-3,12-14H2,1H3,(H,24,28)(H2,25,26,27,29)/t20-/m1/s1. The molecule has 0 saturated carbocycles. The van der Waals surface area contributed by atoms with E-state index in [9.17, 15) is 9.59 Å². The van der Waals surface area contributed by atoms with Crippen molar-refractivity contribution < 1.29 is 14.3 Å². The van der Waals surface area contributed by atoms with Crippen LogP contribution in [-0.2, 0) is 16.1 Å². The fraction of sp³-hybridized carbons (Fsp3) is 0.318. The van der Waals surface area contributed by atoms with Crippen LogP contribution in [0.5, 0.6) is 0 Å². The molecule has 2 amide bonds. The fourth-order valence-electron chi connectivity index (χ4n) is 2.94. The zero-order valence-corrected chi connectivity index (χ0v) is 18.4. The average Bonchev–Trinajstić information content (AvgIpc) is 3.26. The summed E-state index contributed by atoms with van der Waals surface area (Å²) in [5.74, 6) is 0.0138. The van der Waals surface area contributed by atoms with E-state index >= 15 is 0 Å². The maximum absolute atomic E-state index is 12.7. The molecule has 3 rings (SSSR count). The van der Waals surface area contributed by atoms with E-state index in [1.165, 1.54) is 6.92 Å². The van der Waals surface area contributed by atoms with Gasteiger partial charge in [-0.05, 0) is 54.8 Å². The molecule has 1 fully saturated rings. The van der Waals surface area contributed by atoms with Gasteiger partial charge in [0.05, 0.1) is 12.6 Å². The topological polar surface area (TPSA) is 91.8 Å². The highest BCUT2D eigenvalue weighted by Gasteiger charge is 2.16. The van der Waals surface area contributed by atoms with Gasteiger partial charge in [-0.1, -0.05) is 28.1 Å². The van der Waals surface area contributed by atoms with Crippen molar-refractivity contribution in [2.45, 2.75) is 32.4 Å². The Morgan fingerprint density at radius 2 is 1.87 bits per heavy atom. The van der Waals surface area contributed by atoms with Crippen molar-refractivity contribution in [2.24, 2.45) is 4.99 Å². The minimum atomic E-state index is -0.267. The molecule has 8 heteroatoms. The van der Waals surface area contributed by atoms with Gasteiger partial charge in [0, 0.05) is 35.8 Å². The van der Waals surface area contributed by atoms with Crippen molar-refractivity contribution in [2.75, 3.05) is 18.5 Å². The van der Waals surface area contributed by atoms with E-state index in [4.69, 9.17) is 4.74 Å². The number of benzene rings is 2. The summed E-state index contributed by atoms with van der Waals surface area (Å²) in [5, 5.41) is 8.76. The second-order valence-corrected chi connectivity index (χ2v) is 7.93. The Morgan fingerprint density at radius 1 is 1.13 bits per heavy atom. The molecule has 3 N–H and O–H groups in total. The number of carbonyl (C=O) groups excluding carboxylic acids is 2. The molecule has 1 heterocycles. The summed E-state index contributed by atoms with van der Waals surface area (Å²) in [4.78, 5) is 28.3. The Hall–Kier alpha value is -2.71. The number of hydrogen-bond donors (Lipinski definition) is 3. The van der Waals surface area contributed by atoms with Crippen LogP contribution in [0.15, 0.2) is 58.0 Å². The second-order valence-electron chi connectivity index (χ2n) is 7.02. The van der Waals surface area contributed by atoms with Gasteiger partial charge in [-0.25, -0.2) is 4.99 Å². The molecule has 1 atom stereocenters. The highest BCUT2D eigenvalue weighted by molar-refractivity contribution is 9.10. The van der Waals surface area contributed by atoms with E-state index in [1.54, 1.807) is 12.1 Å². The van der Waals surface area contributed by atoms with Gasteiger partial charge in [0.15, 0.2) is 0 Å². The number of guanidine groups is 1. The van der Waals surface area contributed by atoms with Crippen LogP contribution in [0.1, 0.15) is 35.7 Å². The van der Waals surface area contributed by atoms with Gasteiger partial charge in [-0.2, -0.15) is 0 Å². The van der Waals surface area contributed by atoms with Crippen molar-refractivity contribution in [3.05, 3.63) is 64.1 Å². The first kappa shape index (κ1) is 22.0. The molecule has 7 nitrogen and oxygen atoms in total. The van der Waals surface area contributed by atoms with Crippen LogP contribution < -0.4 is 16.0 Å². The molecule has 1 aliphatic rings. The molecular weight excluding hydrogens is 448 g/mol. The third-order valence-electron chi connectivity index (χ3n) is 4.57. The number of rotatable bonds is 6. The van der Waals surface area contributed by atoms with Gasteiger partial charge in [0.1, 0.15) is 0 Å². The van der Waals surface area contributed by atoms with Crippen molar-refractivity contribution in [3.63, 3.8) is 0 Å². The Balaban J connectivity index is 1.67. The van der Waals surface area contributed by atoms with Gasteiger partial charge < -0.3 is 15.4 Å². The molecule has 2 aromatic carbocycles. The summed E-state index contributed by atoms with van der Waals surface area (Å²) in [7, 11) is 0. The number of amides is 2. The van der Waals surface area contributed by atoms with Crippen LogP contribution in [-0.4, -0.2) is 37.0 Å². The number of nitrogens with one attached hydrogen (secondary N) is 3. The number of carbonyl (C=O) groups is 2. The van der Waals surface area contributed by atoms with Crippen LogP contribution in [0.2, 0.25) is 0 Å². The van der Waals surface area contributed by atoms with Crippen LogP contribution in [0.4, 0.5) is 5.69 Å². The van der Waals surface area contributed by atoms with Gasteiger partial charge in [-0.15, -0.1) is 0 Å². The molecule has 1 saturated heterocycles. The predicted molar refractivity (Wildman–Crippen MR) is 120 cm³/mol. The van der Waals surface area contributed by atoms with E-state index < -0.39 is 0 Å². The van der Waals surface area contributed by atoms with Gasteiger partial charge in [-0.3, -0.25) is 14.9 Å². The van der Waals surface area contributed by atoms with E-state index in [2.05, 4.69) is 36.9 Å². The monoisotopic (exact) mass is 472 g/mol. The number of ether oxygens (including phenoxy) is 1. The summed E-state index contributed by atoms with van der Waals surface area (Å²) < 4.78 is 6.60. The summed E-state index contributed by atoms with van der Waals surface area (Å²) in [6.07, 6.45) is 2.09. The van der Waals surface area contributed by atoms with E-state index in [-0.39, 0.29) is 17.9 Å². The first-order chi connectivity index (χ1) is 14.5. The Morgan fingerprint density at radius 3 is 2.50 bits per heavy atom. The van der Waals surface area contributed by atoms with Crippen molar-refractivity contribution in [3.8, 4) is 0 Å². The molecule has 2 aromatic rings. The van der Waals surface area contributed by atoms with Crippen molar-refractivity contribution in [1.29, 1.82) is 0 Å². The molecule has 0 bridgehead atoms.